The molecule has 0 saturated carbocycles. The minimum Gasteiger partial charge on any atom is -0.0656 e. The van der Waals surface area contributed by atoms with Gasteiger partial charge in [-0.25, -0.2) is 0 Å². The van der Waals surface area contributed by atoms with Crippen molar-refractivity contribution in [2.75, 3.05) is 0 Å². The zero-order chi connectivity index (χ0) is 12.5. The topological polar surface area (TPSA) is 0 Å². The molecule has 0 aliphatic heterocycles. The highest BCUT2D eigenvalue weighted by atomic mass is 28.3. The highest BCUT2D eigenvalue weighted by Gasteiger charge is 2.20. The van der Waals surface area contributed by atoms with E-state index in [1.54, 1.807) is 5.19 Å². The van der Waals surface area contributed by atoms with Gasteiger partial charge in [-0.15, -0.1) is 0 Å². The van der Waals surface area contributed by atoms with Crippen molar-refractivity contribution >= 4 is 13.3 Å². The molecule has 0 N–H and O–H groups in total. The van der Waals surface area contributed by atoms with Crippen LogP contribution in [0.3, 0.4) is 0 Å². The predicted octanol–water partition coefficient (Wildman–Crippen LogP) is 4.21. The molecule has 0 aliphatic rings. The van der Waals surface area contributed by atoms with Crippen LogP contribution in [-0.2, 0) is 0 Å². The number of hydrogen-bond acceptors (Lipinski definition) is 0. The van der Waals surface area contributed by atoms with Gasteiger partial charge in [-0.2, -0.15) is 0 Å². The van der Waals surface area contributed by atoms with Crippen molar-refractivity contribution in [3.63, 3.8) is 0 Å². The summed E-state index contributed by atoms with van der Waals surface area (Å²) >= 11 is 0. The summed E-state index contributed by atoms with van der Waals surface area (Å²) in [6.07, 6.45) is 0. The summed E-state index contributed by atoms with van der Waals surface area (Å²) in [4.78, 5) is 0. The van der Waals surface area contributed by atoms with Crippen LogP contribution in [0, 0.1) is 6.92 Å². The minimum absolute atomic E-state index is 1.28. The Morgan fingerprint density at radius 2 is 1.47 bits per heavy atom. The van der Waals surface area contributed by atoms with Crippen molar-refractivity contribution < 1.29 is 0 Å². The highest BCUT2D eigenvalue weighted by Crippen LogP contribution is 2.21. The maximum Gasteiger partial charge on any atom is 0.0784 e. The molecule has 2 aromatic rings. The van der Waals surface area contributed by atoms with Crippen LogP contribution in [0.2, 0.25) is 19.6 Å². The summed E-state index contributed by atoms with van der Waals surface area (Å²) in [5, 5.41) is 1.55. The maximum atomic E-state index is 2.41. The molecule has 2 aromatic carbocycles. The van der Waals surface area contributed by atoms with Crippen LogP contribution < -0.4 is 5.19 Å². The normalized spacial score (nSPS) is 11.5. The molecule has 0 atom stereocenters. The monoisotopic (exact) mass is 240 g/mol. The van der Waals surface area contributed by atoms with Crippen molar-refractivity contribution in [2.24, 2.45) is 0 Å². The van der Waals surface area contributed by atoms with E-state index in [0.717, 1.165) is 0 Å². The molecule has 0 bridgehead atoms. The SMILES string of the molecule is Cc1ccc([Si](C)(C)C)c(-c2ccccc2)c1. The Morgan fingerprint density at radius 1 is 0.824 bits per heavy atom. The van der Waals surface area contributed by atoms with Crippen molar-refractivity contribution in [3.8, 4) is 11.1 Å². The van der Waals surface area contributed by atoms with E-state index in [2.05, 4.69) is 75.1 Å². The van der Waals surface area contributed by atoms with Crippen LogP contribution in [0.1, 0.15) is 5.56 Å². The lowest BCUT2D eigenvalue weighted by Crippen LogP contribution is -2.39. The van der Waals surface area contributed by atoms with Crippen LogP contribution in [0.4, 0.5) is 0 Å². The van der Waals surface area contributed by atoms with Crippen LogP contribution >= 0.6 is 0 Å². The van der Waals surface area contributed by atoms with Gasteiger partial charge in [0.05, 0.1) is 8.07 Å². The highest BCUT2D eigenvalue weighted by molar-refractivity contribution is 6.89. The molecule has 88 valence electrons. The second-order valence-electron chi connectivity index (χ2n) is 5.67. The first-order valence-electron chi connectivity index (χ1n) is 6.15. The molecular formula is C16H20Si. The fraction of sp³-hybridized carbons (Fsp3) is 0.250. The molecule has 0 heterocycles. The number of rotatable bonds is 2. The van der Waals surface area contributed by atoms with Gasteiger partial charge in [0.15, 0.2) is 0 Å². The number of aryl methyl sites for hydroxylation is 1. The van der Waals surface area contributed by atoms with Gasteiger partial charge in [0.1, 0.15) is 0 Å². The first-order valence-corrected chi connectivity index (χ1v) is 9.65. The molecule has 0 nitrogen and oxygen atoms in total. The van der Waals surface area contributed by atoms with Gasteiger partial charge in [-0.1, -0.05) is 78.9 Å². The molecule has 2 rings (SSSR count). The van der Waals surface area contributed by atoms with Crippen LogP contribution in [0.15, 0.2) is 48.5 Å². The Bertz CT molecular complexity index is 507. The molecule has 0 saturated heterocycles. The summed E-state index contributed by atoms with van der Waals surface area (Å²) in [7, 11) is -1.28. The molecule has 1 heteroatoms. The largest absolute Gasteiger partial charge is 0.0784 e. The third-order valence-corrected chi connectivity index (χ3v) is 5.12. The van der Waals surface area contributed by atoms with E-state index in [1.807, 2.05) is 0 Å². The molecule has 0 radical (unpaired) electrons. The fourth-order valence-corrected chi connectivity index (χ4v) is 3.78. The summed E-state index contributed by atoms with van der Waals surface area (Å²) in [5.74, 6) is 0. The zero-order valence-corrected chi connectivity index (χ0v) is 12.1. The van der Waals surface area contributed by atoms with E-state index in [-0.39, 0.29) is 0 Å². The van der Waals surface area contributed by atoms with Gasteiger partial charge >= 0.3 is 0 Å². The Morgan fingerprint density at radius 3 is 2.06 bits per heavy atom. The lowest BCUT2D eigenvalue weighted by atomic mass is 10.0. The zero-order valence-electron chi connectivity index (χ0n) is 11.1. The fourth-order valence-electron chi connectivity index (χ4n) is 2.17. The molecule has 0 spiro atoms. The lowest BCUT2D eigenvalue weighted by molar-refractivity contribution is 1.47. The Kier molecular flexibility index (Phi) is 3.21. The third kappa shape index (κ3) is 2.67. The van der Waals surface area contributed by atoms with Gasteiger partial charge in [-0.05, 0) is 18.1 Å². The summed E-state index contributed by atoms with van der Waals surface area (Å²) in [6, 6.07) is 17.6. The minimum atomic E-state index is -1.28. The van der Waals surface area contributed by atoms with Crippen LogP contribution in [0.25, 0.3) is 11.1 Å². The van der Waals surface area contributed by atoms with E-state index in [0.29, 0.717) is 0 Å². The third-order valence-electron chi connectivity index (χ3n) is 3.07. The first kappa shape index (κ1) is 12.1. The van der Waals surface area contributed by atoms with Crippen molar-refractivity contribution in [2.45, 2.75) is 26.6 Å². The van der Waals surface area contributed by atoms with Gasteiger partial charge < -0.3 is 0 Å². The van der Waals surface area contributed by atoms with Crippen molar-refractivity contribution in [1.82, 2.24) is 0 Å². The van der Waals surface area contributed by atoms with Crippen LogP contribution in [0.5, 0.6) is 0 Å². The second-order valence-corrected chi connectivity index (χ2v) is 10.7. The summed E-state index contributed by atoms with van der Waals surface area (Å²) in [6.45, 7) is 9.39. The van der Waals surface area contributed by atoms with Crippen molar-refractivity contribution in [3.05, 3.63) is 54.1 Å². The van der Waals surface area contributed by atoms with E-state index >= 15 is 0 Å². The van der Waals surface area contributed by atoms with Crippen LogP contribution in [-0.4, -0.2) is 8.07 Å². The predicted molar refractivity (Wildman–Crippen MR) is 79.6 cm³/mol. The molecule has 0 aliphatic carbocycles. The number of benzene rings is 2. The van der Waals surface area contributed by atoms with Gasteiger partial charge in [0.25, 0.3) is 0 Å². The standard InChI is InChI=1S/C16H20Si/c1-13-10-11-16(17(2,3)4)15(12-13)14-8-6-5-7-9-14/h5-12H,1-4H3. The van der Waals surface area contributed by atoms with Gasteiger partial charge in [-0.3, -0.25) is 0 Å². The van der Waals surface area contributed by atoms with Gasteiger partial charge in [0, 0.05) is 0 Å². The average Bonchev–Trinajstić information content (AvgIpc) is 2.28. The molecule has 0 fully saturated rings. The Balaban J connectivity index is 2.64. The summed E-state index contributed by atoms with van der Waals surface area (Å²) < 4.78 is 0. The molecule has 0 unspecified atom stereocenters. The van der Waals surface area contributed by atoms with E-state index < -0.39 is 8.07 Å². The molecular weight excluding hydrogens is 220 g/mol. The van der Waals surface area contributed by atoms with E-state index in [4.69, 9.17) is 0 Å². The lowest BCUT2D eigenvalue weighted by Gasteiger charge is -2.21. The molecule has 0 amide bonds. The smallest absolute Gasteiger partial charge is 0.0656 e. The quantitative estimate of drug-likeness (QED) is 0.690. The number of hydrogen-bond donors (Lipinski definition) is 0. The average molecular weight is 240 g/mol. The summed E-state index contributed by atoms with van der Waals surface area (Å²) in [5.41, 5.74) is 4.10. The van der Waals surface area contributed by atoms with E-state index in [1.165, 1.54) is 16.7 Å². The maximum absolute atomic E-state index is 2.41. The van der Waals surface area contributed by atoms with Crippen molar-refractivity contribution in [1.29, 1.82) is 0 Å². The molecule has 0 aromatic heterocycles. The van der Waals surface area contributed by atoms with Gasteiger partial charge in [0.2, 0.25) is 0 Å². The van der Waals surface area contributed by atoms with E-state index in [9.17, 15) is 0 Å². The Hall–Kier alpha value is -1.34. The Labute approximate surface area is 105 Å². The second kappa shape index (κ2) is 4.50. The molecule has 17 heavy (non-hydrogen) atoms. The first-order chi connectivity index (χ1) is 7.98.